The Hall–Kier alpha value is -1.51. The molecule has 0 aliphatic rings. The van der Waals surface area contributed by atoms with Crippen LogP contribution in [0.25, 0.3) is 0 Å². The van der Waals surface area contributed by atoms with E-state index in [0.717, 1.165) is 35.8 Å². The summed E-state index contributed by atoms with van der Waals surface area (Å²) in [4.78, 5) is 0. The highest BCUT2D eigenvalue weighted by molar-refractivity contribution is 6.31. The number of rotatable bonds is 6. The van der Waals surface area contributed by atoms with Crippen LogP contribution in [0.4, 0.5) is 0 Å². The Bertz CT molecular complexity index is 569. The van der Waals surface area contributed by atoms with Crippen LogP contribution in [0.1, 0.15) is 16.7 Å². The van der Waals surface area contributed by atoms with E-state index in [2.05, 4.69) is 23.5 Å². The van der Waals surface area contributed by atoms with Crippen LogP contribution in [0.5, 0.6) is 5.75 Å². The molecule has 2 aromatic carbocycles. The lowest BCUT2D eigenvalue weighted by atomic mass is 10.1. The third-order valence-corrected chi connectivity index (χ3v) is 3.74. The van der Waals surface area contributed by atoms with E-state index >= 15 is 0 Å². The van der Waals surface area contributed by atoms with Gasteiger partial charge < -0.3 is 10.1 Å². The van der Waals surface area contributed by atoms with Crippen molar-refractivity contribution in [2.24, 2.45) is 0 Å². The molecule has 0 fully saturated rings. The lowest BCUT2D eigenvalue weighted by Crippen LogP contribution is -2.17. The summed E-state index contributed by atoms with van der Waals surface area (Å²) in [7, 11) is 1.71. The highest BCUT2D eigenvalue weighted by atomic mass is 35.5. The van der Waals surface area contributed by atoms with Gasteiger partial charge in [0.05, 0.1) is 7.11 Å². The first-order valence-corrected chi connectivity index (χ1v) is 7.16. The maximum absolute atomic E-state index is 6.12. The minimum absolute atomic E-state index is 0.828. The van der Waals surface area contributed by atoms with E-state index in [9.17, 15) is 0 Å². The van der Waals surface area contributed by atoms with Gasteiger partial charge in [-0.05, 0) is 48.7 Å². The van der Waals surface area contributed by atoms with Crippen molar-refractivity contribution in [2.45, 2.75) is 19.9 Å². The highest BCUT2D eigenvalue weighted by Crippen LogP contribution is 2.18. The summed E-state index contributed by atoms with van der Waals surface area (Å²) in [5.41, 5.74) is 3.55. The Labute approximate surface area is 125 Å². The van der Waals surface area contributed by atoms with Crippen LogP contribution >= 0.6 is 11.6 Å². The molecule has 0 heterocycles. The average molecular weight is 290 g/mol. The van der Waals surface area contributed by atoms with Crippen LogP contribution in [-0.2, 0) is 13.0 Å². The molecule has 0 atom stereocenters. The number of aryl methyl sites for hydroxylation is 1. The summed E-state index contributed by atoms with van der Waals surface area (Å²) >= 11 is 6.12. The highest BCUT2D eigenvalue weighted by Gasteiger charge is 2.01. The van der Waals surface area contributed by atoms with Crippen LogP contribution in [0.3, 0.4) is 0 Å². The molecule has 0 aliphatic heterocycles. The molecule has 0 aliphatic carbocycles. The quantitative estimate of drug-likeness (QED) is 0.812. The summed E-state index contributed by atoms with van der Waals surface area (Å²) < 4.78 is 5.34. The molecule has 0 aromatic heterocycles. The molecule has 0 unspecified atom stereocenters. The fourth-order valence-electron chi connectivity index (χ4n) is 2.11. The second-order valence-electron chi connectivity index (χ2n) is 4.82. The molecule has 2 nitrogen and oxygen atoms in total. The Morgan fingerprint density at radius 1 is 1.15 bits per heavy atom. The number of halogens is 1. The van der Waals surface area contributed by atoms with Crippen LogP contribution in [-0.4, -0.2) is 13.7 Å². The van der Waals surface area contributed by atoms with Gasteiger partial charge in [0, 0.05) is 11.6 Å². The van der Waals surface area contributed by atoms with Gasteiger partial charge in [0.2, 0.25) is 0 Å². The molecular formula is C17H20ClNO. The Balaban J connectivity index is 1.83. The first-order chi connectivity index (χ1) is 9.70. The van der Waals surface area contributed by atoms with Crippen molar-refractivity contribution in [2.75, 3.05) is 13.7 Å². The Morgan fingerprint density at radius 3 is 2.70 bits per heavy atom. The predicted octanol–water partition coefficient (Wildman–Crippen LogP) is 3.99. The largest absolute Gasteiger partial charge is 0.496 e. The van der Waals surface area contributed by atoms with Crippen molar-refractivity contribution in [1.29, 1.82) is 0 Å². The molecule has 1 N–H and O–H groups in total. The van der Waals surface area contributed by atoms with Gasteiger partial charge in [-0.3, -0.25) is 0 Å². The summed E-state index contributed by atoms with van der Waals surface area (Å²) in [5.74, 6) is 0.952. The lowest BCUT2D eigenvalue weighted by molar-refractivity contribution is 0.409. The van der Waals surface area contributed by atoms with Crippen molar-refractivity contribution >= 4 is 11.6 Å². The molecular weight excluding hydrogens is 270 g/mol. The molecule has 0 amide bonds. The number of nitrogens with one attached hydrogen (secondary N) is 1. The van der Waals surface area contributed by atoms with Gasteiger partial charge in [-0.2, -0.15) is 0 Å². The number of ether oxygens (including phenoxy) is 1. The number of methoxy groups -OCH3 is 1. The average Bonchev–Trinajstić information content (AvgIpc) is 2.47. The van der Waals surface area contributed by atoms with Gasteiger partial charge in [0.25, 0.3) is 0 Å². The number of benzene rings is 2. The van der Waals surface area contributed by atoms with E-state index in [-0.39, 0.29) is 0 Å². The second kappa shape index (κ2) is 7.32. The van der Waals surface area contributed by atoms with E-state index < -0.39 is 0 Å². The number of para-hydroxylation sites is 1. The van der Waals surface area contributed by atoms with Crippen LogP contribution in [0.15, 0.2) is 42.5 Å². The minimum atomic E-state index is 0.828. The molecule has 3 heteroatoms. The molecule has 0 saturated heterocycles. The molecule has 0 bridgehead atoms. The van der Waals surface area contributed by atoms with E-state index in [1.807, 2.05) is 31.2 Å². The summed E-state index contributed by atoms with van der Waals surface area (Å²) in [6.45, 7) is 3.75. The van der Waals surface area contributed by atoms with Gasteiger partial charge in [-0.25, -0.2) is 0 Å². The van der Waals surface area contributed by atoms with Gasteiger partial charge in [0.1, 0.15) is 5.75 Å². The van der Waals surface area contributed by atoms with Crippen molar-refractivity contribution in [3.63, 3.8) is 0 Å². The molecule has 2 aromatic rings. The zero-order valence-corrected chi connectivity index (χ0v) is 12.7. The standard InChI is InChI=1S/C17H20ClNO/c1-13-7-8-14(11-16(13)18)12-19-10-9-15-5-3-4-6-17(15)20-2/h3-8,11,19H,9-10,12H2,1-2H3. The summed E-state index contributed by atoms with van der Waals surface area (Å²) in [5, 5.41) is 4.26. The van der Waals surface area contributed by atoms with Gasteiger partial charge in [-0.1, -0.05) is 41.9 Å². The zero-order chi connectivity index (χ0) is 14.4. The van der Waals surface area contributed by atoms with Crippen LogP contribution in [0, 0.1) is 6.92 Å². The maximum atomic E-state index is 6.12. The first kappa shape index (κ1) is 14.9. The van der Waals surface area contributed by atoms with Gasteiger partial charge in [0.15, 0.2) is 0 Å². The van der Waals surface area contributed by atoms with Crippen molar-refractivity contribution in [3.05, 3.63) is 64.2 Å². The van der Waals surface area contributed by atoms with E-state index in [4.69, 9.17) is 16.3 Å². The first-order valence-electron chi connectivity index (χ1n) is 6.78. The van der Waals surface area contributed by atoms with E-state index in [1.165, 1.54) is 11.1 Å². The van der Waals surface area contributed by atoms with Gasteiger partial charge in [-0.15, -0.1) is 0 Å². The predicted molar refractivity (Wildman–Crippen MR) is 84.6 cm³/mol. The molecule has 20 heavy (non-hydrogen) atoms. The van der Waals surface area contributed by atoms with Crippen molar-refractivity contribution in [3.8, 4) is 5.75 Å². The van der Waals surface area contributed by atoms with Crippen LogP contribution < -0.4 is 10.1 Å². The molecule has 0 saturated carbocycles. The van der Waals surface area contributed by atoms with E-state index in [1.54, 1.807) is 7.11 Å². The maximum Gasteiger partial charge on any atom is 0.122 e. The monoisotopic (exact) mass is 289 g/mol. The minimum Gasteiger partial charge on any atom is -0.496 e. The van der Waals surface area contributed by atoms with Crippen molar-refractivity contribution in [1.82, 2.24) is 5.32 Å². The number of hydrogen-bond donors (Lipinski definition) is 1. The normalized spacial score (nSPS) is 10.6. The SMILES string of the molecule is COc1ccccc1CCNCc1ccc(C)c(Cl)c1. The Kier molecular flexibility index (Phi) is 5.45. The molecule has 2 rings (SSSR count). The van der Waals surface area contributed by atoms with Gasteiger partial charge >= 0.3 is 0 Å². The fraction of sp³-hybridized carbons (Fsp3) is 0.294. The fourth-order valence-corrected chi connectivity index (χ4v) is 2.31. The van der Waals surface area contributed by atoms with Crippen LogP contribution in [0.2, 0.25) is 5.02 Å². The van der Waals surface area contributed by atoms with Crippen molar-refractivity contribution < 1.29 is 4.74 Å². The number of hydrogen-bond acceptors (Lipinski definition) is 2. The smallest absolute Gasteiger partial charge is 0.122 e. The molecule has 0 radical (unpaired) electrons. The summed E-state index contributed by atoms with van der Waals surface area (Å²) in [6.07, 6.45) is 0.948. The topological polar surface area (TPSA) is 21.3 Å². The summed E-state index contributed by atoms with van der Waals surface area (Å²) in [6, 6.07) is 14.3. The Morgan fingerprint density at radius 2 is 1.95 bits per heavy atom. The third kappa shape index (κ3) is 3.99. The second-order valence-corrected chi connectivity index (χ2v) is 5.23. The lowest BCUT2D eigenvalue weighted by Gasteiger charge is -2.09. The van der Waals surface area contributed by atoms with E-state index in [0.29, 0.717) is 0 Å². The third-order valence-electron chi connectivity index (χ3n) is 3.33. The molecule has 0 spiro atoms. The zero-order valence-electron chi connectivity index (χ0n) is 11.9. The molecule has 106 valence electrons.